The van der Waals surface area contributed by atoms with Crippen LogP contribution in [0, 0.1) is 0 Å². The van der Waals surface area contributed by atoms with Gasteiger partial charge in [0.2, 0.25) is 0 Å². The van der Waals surface area contributed by atoms with Crippen molar-refractivity contribution in [3.8, 4) is 0 Å². The molecule has 0 bridgehead atoms. The van der Waals surface area contributed by atoms with Gasteiger partial charge in [-0.15, -0.1) is 11.6 Å². The van der Waals surface area contributed by atoms with Gasteiger partial charge in [-0.2, -0.15) is 11.8 Å². The molecule has 0 aromatic rings. The summed E-state index contributed by atoms with van der Waals surface area (Å²) in [5.41, 5.74) is 0. The molecule has 0 aromatic heterocycles. The Bertz CT molecular complexity index is 106. The lowest BCUT2D eigenvalue weighted by Gasteiger charge is -2.19. The number of hydrogen-bond acceptors (Lipinski definition) is 2. The minimum absolute atomic E-state index is 0.783. The first-order chi connectivity index (χ1) is 5.38. The van der Waals surface area contributed by atoms with Crippen LogP contribution in [0.25, 0.3) is 0 Å². The predicted octanol–water partition coefficient (Wildman–Crippen LogP) is 2.05. The first-order valence-electron chi connectivity index (χ1n) is 4.17. The third-order valence-electron chi connectivity index (χ3n) is 2.02. The topological polar surface area (TPSA) is 3.24 Å². The van der Waals surface area contributed by atoms with Gasteiger partial charge in [-0.25, -0.2) is 0 Å². The van der Waals surface area contributed by atoms with Crippen LogP contribution in [0.1, 0.15) is 12.8 Å². The first kappa shape index (κ1) is 9.69. The van der Waals surface area contributed by atoms with Crippen molar-refractivity contribution in [2.24, 2.45) is 0 Å². The third-order valence-corrected chi connectivity index (χ3v) is 2.78. The van der Waals surface area contributed by atoms with Crippen molar-refractivity contribution >= 4 is 23.4 Å². The summed E-state index contributed by atoms with van der Waals surface area (Å²) in [6, 6.07) is 0.876. The van der Waals surface area contributed by atoms with Crippen LogP contribution in [0.5, 0.6) is 0 Å². The van der Waals surface area contributed by atoms with E-state index < -0.39 is 0 Å². The molecular formula is C8H16ClNS. The Kier molecular flexibility index (Phi) is 4.65. The van der Waals surface area contributed by atoms with Gasteiger partial charge in [0.25, 0.3) is 0 Å². The van der Waals surface area contributed by atoms with Gasteiger partial charge in [0.05, 0.1) is 0 Å². The van der Waals surface area contributed by atoms with E-state index >= 15 is 0 Å². The average molecular weight is 194 g/mol. The van der Waals surface area contributed by atoms with Gasteiger partial charge in [0, 0.05) is 30.8 Å². The maximum absolute atomic E-state index is 5.70. The highest BCUT2D eigenvalue weighted by Gasteiger charge is 2.27. The van der Waals surface area contributed by atoms with Crippen LogP contribution in [0.15, 0.2) is 0 Å². The quantitative estimate of drug-likeness (QED) is 0.595. The summed E-state index contributed by atoms with van der Waals surface area (Å²) < 4.78 is 0. The Labute approximate surface area is 78.5 Å². The number of thioether (sulfide) groups is 1. The molecule has 1 aliphatic rings. The predicted molar refractivity (Wildman–Crippen MR) is 53.7 cm³/mol. The van der Waals surface area contributed by atoms with E-state index in [2.05, 4.69) is 11.2 Å². The zero-order valence-electron chi connectivity index (χ0n) is 7.05. The number of hydrogen-bond donors (Lipinski definition) is 0. The van der Waals surface area contributed by atoms with Crippen LogP contribution in [0.4, 0.5) is 0 Å². The smallest absolute Gasteiger partial charge is 0.0351 e. The van der Waals surface area contributed by atoms with E-state index in [4.69, 9.17) is 11.6 Å². The molecule has 0 aromatic carbocycles. The van der Waals surface area contributed by atoms with Gasteiger partial charge in [-0.05, 0) is 19.1 Å². The number of nitrogens with zero attached hydrogens (tertiary/aromatic N) is 1. The Morgan fingerprint density at radius 2 is 2.18 bits per heavy atom. The molecule has 1 aliphatic carbocycles. The molecule has 0 N–H and O–H groups in total. The molecule has 0 heterocycles. The standard InChI is InChI=1S/C8H16ClNS/c1-11-7-6-10(5-4-9)8-2-3-8/h8H,2-7H2,1H3. The van der Waals surface area contributed by atoms with Crippen molar-refractivity contribution in [1.82, 2.24) is 4.90 Å². The van der Waals surface area contributed by atoms with Crippen LogP contribution < -0.4 is 0 Å². The SMILES string of the molecule is CSCCN(CCCl)C1CC1. The molecule has 0 unspecified atom stereocenters. The molecule has 0 atom stereocenters. The molecule has 1 saturated carbocycles. The van der Waals surface area contributed by atoms with Gasteiger partial charge in [0.15, 0.2) is 0 Å². The molecule has 0 radical (unpaired) electrons. The molecule has 0 amide bonds. The van der Waals surface area contributed by atoms with Gasteiger partial charge < -0.3 is 0 Å². The van der Waals surface area contributed by atoms with Crippen LogP contribution in [-0.4, -0.2) is 41.9 Å². The molecule has 0 aliphatic heterocycles. The second kappa shape index (κ2) is 5.28. The highest BCUT2D eigenvalue weighted by molar-refractivity contribution is 7.98. The summed E-state index contributed by atoms with van der Waals surface area (Å²) >= 11 is 7.61. The highest BCUT2D eigenvalue weighted by Crippen LogP contribution is 2.26. The maximum Gasteiger partial charge on any atom is 0.0351 e. The largest absolute Gasteiger partial charge is 0.298 e. The second-order valence-corrected chi connectivity index (χ2v) is 4.31. The Morgan fingerprint density at radius 3 is 2.64 bits per heavy atom. The summed E-state index contributed by atoms with van der Waals surface area (Å²) in [4.78, 5) is 2.52. The Morgan fingerprint density at radius 1 is 1.45 bits per heavy atom. The van der Waals surface area contributed by atoms with E-state index in [0.29, 0.717) is 0 Å². The van der Waals surface area contributed by atoms with E-state index in [9.17, 15) is 0 Å². The molecule has 1 nitrogen and oxygen atoms in total. The summed E-state index contributed by atoms with van der Waals surface area (Å²) in [7, 11) is 0. The zero-order valence-corrected chi connectivity index (χ0v) is 8.63. The fraction of sp³-hybridized carbons (Fsp3) is 1.00. The molecule has 0 spiro atoms. The number of alkyl halides is 1. The monoisotopic (exact) mass is 193 g/mol. The summed E-state index contributed by atoms with van der Waals surface area (Å²) in [5.74, 6) is 2.03. The van der Waals surface area contributed by atoms with Crippen LogP contribution in [-0.2, 0) is 0 Å². The summed E-state index contributed by atoms with van der Waals surface area (Å²) in [5, 5.41) is 0. The van der Waals surface area contributed by atoms with Gasteiger partial charge >= 0.3 is 0 Å². The first-order valence-corrected chi connectivity index (χ1v) is 6.10. The summed E-state index contributed by atoms with van der Waals surface area (Å²) in [6.07, 6.45) is 4.95. The summed E-state index contributed by atoms with van der Waals surface area (Å²) in [6.45, 7) is 2.30. The van der Waals surface area contributed by atoms with E-state index in [1.807, 2.05) is 11.8 Å². The lowest BCUT2D eigenvalue weighted by atomic mass is 10.5. The van der Waals surface area contributed by atoms with Gasteiger partial charge in [-0.1, -0.05) is 0 Å². The molecule has 1 fully saturated rings. The van der Waals surface area contributed by atoms with E-state index in [1.54, 1.807) is 0 Å². The minimum Gasteiger partial charge on any atom is -0.298 e. The van der Waals surface area contributed by atoms with Crippen molar-refractivity contribution < 1.29 is 0 Å². The molecule has 66 valence electrons. The van der Waals surface area contributed by atoms with Crippen molar-refractivity contribution in [3.63, 3.8) is 0 Å². The number of rotatable bonds is 6. The van der Waals surface area contributed by atoms with E-state index in [-0.39, 0.29) is 0 Å². The Balaban J connectivity index is 2.10. The second-order valence-electron chi connectivity index (χ2n) is 2.95. The van der Waals surface area contributed by atoms with Gasteiger partial charge in [-0.3, -0.25) is 4.90 Å². The van der Waals surface area contributed by atoms with Crippen molar-refractivity contribution in [1.29, 1.82) is 0 Å². The van der Waals surface area contributed by atoms with Crippen molar-refractivity contribution in [2.45, 2.75) is 18.9 Å². The minimum atomic E-state index is 0.783. The molecule has 11 heavy (non-hydrogen) atoms. The maximum atomic E-state index is 5.70. The molecule has 1 rings (SSSR count). The van der Waals surface area contributed by atoms with Crippen LogP contribution in [0.2, 0.25) is 0 Å². The van der Waals surface area contributed by atoms with Gasteiger partial charge in [0.1, 0.15) is 0 Å². The molecule has 3 heteroatoms. The zero-order chi connectivity index (χ0) is 8.10. The normalized spacial score (nSPS) is 17.7. The van der Waals surface area contributed by atoms with Crippen molar-refractivity contribution in [2.75, 3.05) is 31.0 Å². The number of halogens is 1. The lowest BCUT2D eigenvalue weighted by molar-refractivity contribution is 0.298. The van der Waals surface area contributed by atoms with Crippen LogP contribution >= 0.6 is 23.4 Å². The van der Waals surface area contributed by atoms with Crippen LogP contribution in [0.3, 0.4) is 0 Å². The molecule has 0 saturated heterocycles. The molecular weight excluding hydrogens is 178 g/mol. The fourth-order valence-electron chi connectivity index (χ4n) is 1.23. The van der Waals surface area contributed by atoms with E-state index in [1.165, 1.54) is 25.1 Å². The van der Waals surface area contributed by atoms with Crippen molar-refractivity contribution in [3.05, 3.63) is 0 Å². The lowest BCUT2D eigenvalue weighted by Crippen LogP contribution is -2.30. The third kappa shape index (κ3) is 3.68. The fourth-order valence-corrected chi connectivity index (χ4v) is 1.87. The Hall–Kier alpha value is 0.600. The average Bonchev–Trinajstić information content (AvgIpc) is 2.80. The van der Waals surface area contributed by atoms with E-state index in [0.717, 1.165) is 18.5 Å². The highest BCUT2D eigenvalue weighted by atomic mass is 35.5.